The first-order chi connectivity index (χ1) is 4.70. The van der Waals surface area contributed by atoms with Crippen LogP contribution in [0.15, 0.2) is 11.8 Å². The second-order valence-electron chi connectivity index (χ2n) is 2.30. The largest absolute Gasteiger partial charge is 0.509 e. The van der Waals surface area contributed by atoms with Crippen molar-refractivity contribution >= 4 is 5.97 Å². The van der Waals surface area contributed by atoms with E-state index in [9.17, 15) is 4.79 Å². The molecule has 1 aliphatic rings. The molecule has 0 aliphatic heterocycles. The van der Waals surface area contributed by atoms with Gasteiger partial charge in [0.1, 0.15) is 5.76 Å². The third-order valence-electron chi connectivity index (χ3n) is 1.42. The number of aliphatic hydroxyl groups excluding tert-OH is 1. The molecular formula is C7H10O3. The van der Waals surface area contributed by atoms with Gasteiger partial charge in [0, 0.05) is 6.92 Å². The lowest BCUT2D eigenvalue weighted by molar-refractivity contribution is -0.145. The van der Waals surface area contributed by atoms with Gasteiger partial charge in [0.05, 0.1) is 0 Å². The summed E-state index contributed by atoms with van der Waals surface area (Å²) in [6, 6.07) is 0. The fourth-order valence-electron chi connectivity index (χ4n) is 0.982. The van der Waals surface area contributed by atoms with Crippen molar-refractivity contribution in [1.82, 2.24) is 0 Å². The Morgan fingerprint density at radius 1 is 1.90 bits per heavy atom. The van der Waals surface area contributed by atoms with Crippen molar-refractivity contribution < 1.29 is 14.6 Å². The Hall–Kier alpha value is -0.990. The van der Waals surface area contributed by atoms with Crippen molar-refractivity contribution in [2.75, 3.05) is 0 Å². The predicted octanol–water partition coefficient (Wildman–Crippen LogP) is 1.15. The highest BCUT2D eigenvalue weighted by atomic mass is 16.6. The van der Waals surface area contributed by atoms with Gasteiger partial charge in [0.25, 0.3) is 0 Å². The molecular weight excluding hydrogens is 132 g/mol. The third kappa shape index (κ3) is 1.50. The third-order valence-corrected chi connectivity index (χ3v) is 1.42. The zero-order chi connectivity index (χ0) is 7.56. The van der Waals surface area contributed by atoms with E-state index < -0.39 is 0 Å². The normalized spacial score (nSPS) is 24.1. The summed E-state index contributed by atoms with van der Waals surface area (Å²) in [5.41, 5.74) is 0. The molecule has 3 nitrogen and oxygen atoms in total. The predicted molar refractivity (Wildman–Crippen MR) is 35.5 cm³/mol. The number of hydrogen-bond acceptors (Lipinski definition) is 3. The number of carbonyl (C=O) groups excluding carboxylic acids is 1. The summed E-state index contributed by atoms with van der Waals surface area (Å²) in [7, 11) is 0. The molecule has 56 valence electrons. The van der Waals surface area contributed by atoms with Gasteiger partial charge in [-0.2, -0.15) is 0 Å². The fourth-order valence-corrected chi connectivity index (χ4v) is 0.982. The second-order valence-corrected chi connectivity index (χ2v) is 2.30. The van der Waals surface area contributed by atoms with Gasteiger partial charge in [-0.05, 0) is 18.9 Å². The van der Waals surface area contributed by atoms with Crippen LogP contribution in [-0.2, 0) is 9.53 Å². The van der Waals surface area contributed by atoms with Crippen molar-refractivity contribution in [2.45, 2.75) is 25.9 Å². The van der Waals surface area contributed by atoms with Crippen LogP contribution in [0.2, 0.25) is 0 Å². The molecule has 1 unspecified atom stereocenters. The topological polar surface area (TPSA) is 46.5 Å². The van der Waals surface area contributed by atoms with E-state index in [4.69, 9.17) is 9.84 Å². The molecule has 0 spiro atoms. The standard InChI is InChI=1S/C7H10O3/c1-5(8)10-7-4-2-3-6(7)9/h3,7,9H,2,4H2,1H3. The van der Waals surface area contributed by atoms with E-state index >= 15 is 0 Å². The van der Waals surface area contributed by atoms with E-state index in [2.05, 4.69) is 0 Å². The Morgan fingerprint density at radius 3 is 3.00 bits per heavy atom. The van der Waals surface area contributed by atoms with Gasteiger partial charge in [-0.3, -0.25) is 4.79 Å². The van der Waals surface area contributed by atoms with Crippen LogP contribution in [0.5, 0.6) is 0 Å². The van der Waals surface area contributed by atoms with Gasteiger partial charge < -0.3 is 9.84 Å². The lowest BCUT2D eigenvalue weighted by atomic mass is 10.3. The number of hydrogen-bond donors (Lipinski definition) is 1. The van der Waals surface area contributed by atoms with Crippen molar-refractivity contribution in [3.05, 3.63) is 11.8 Å². The van der Waals surface area contributed by atoms with Crippen molar-refractivity contribution in [3.8, 4) is 0 Å². The van der Waals surface area contributed by atoms with E-state index in [0.29, 0.717) is 6.42 Å². The number of ether oxygens (including phenoxy) is 1. The highest BCUT2D eigenvalue weighted by molar-refractivity contribution is 5.66. The minimum absolute atomic E-state index is 0.190. The first-order valence-corrected chi connectivity index (χ1v) is 3.26. The number of esters is 1. The molecule has 0 heterocycles. The van der Waals surface area contributed by atoms with Crippen LogP contribution in [0.25, 0.3) is 0 Å². The number of carbonyl (C=O) groups is 1. The first-order valence-electron chi connectivity index (χ1n) is 3.26. The van der Waals surface area contributed by atoms with Crippen LogP contribution < -0.4 is 0 Å². The zero-order valence-corrected chi connectivity index (χ0v) is 5.83. The van der Waals surface area contributed by atoms with Crippen LogP contribution in [0.3, 0.4) is 0 Å². The smallest absolute Gasteiger partial charge is 0.303 e. The van der Waals surface area contributed by atoms with E-state index in [1.807, 2.05) is 0 Å². The van der Waals surface area contributed by atoms with E-state index in [0.717, 1.165) is 6.42 Å². The van der Waals surface area contributed by atoms with E-state index in [1.165, 1.54) is 6.92 Å². The minimum Gasteiger partial charge on any atom is -0.509 e. The molecule has 0 bridgehead atoms. The summed E-state index contributed by atoms with van der Waals surface area (Å²) in [4.78, 5) is 10.4. The average Bonchev–Trinajstić information content (AvgIpc) is 2.15. The summed E-state index contributed by atoms with van der Waals surface area (Å²) in [6.07, 6.45) is 2.81. The van der Waals surface area contributed by atoms with E-state index in [-0.39, 0.29) is 17.8 Å². The van der Waals surface area contributed by atoms with Crippen LogP contribution in [0, 0.1) is 0 Å². The van der Waals surface area contributed by atoms with Gasteiger partial charge in [-0.15, -0.1) is 0 Å². The average molecular weight is 142 g/mol. The summed E-state index contributed by atoms with van der Waals surface area (Å²) in [5, 5.41) is 9.02. The maximum atomic E-state index is 10.4. The van der Waals surface area contributed by atoms with E-state index in [1.54, 1.807) is 6.08 Å². The fraction of sp³-hybridized carbons (Fsp3) is 0.571. The van der Waals surface area contributed by atoms with Gasteiger partial charge in [-0.25, -0.2) is 0 Å². The Morgan fingerprint density at radius 2 is 2.60 bits per heavy atom. The second kappa shape index (κ2) is 2.73. The molecule has 1 aliphatic carbocycles. The Balaban J connectivity index is 2.43. The highest BCUT2D eigenvalue weighted by Gasteiger charge is 2.20. The van der Waals surface area contributed by atoms with Crippen molar-refractivity contribution in [2.24, 2.45) is 0 Å². The molecule has 10 heavy (non-hydrogen) atoms. The van der Waals surface area contributed by atoms with Gasteiger partial charge in [-0.1, -0.05) is 0 Å². The van der Waals surface area contributed by atoms with Crippen LogP contribution in [-0.4, -0.2) is 17.2 Å². The lowest BCUT2D eigenvalue weighted by Crippen LogP contribution is -2.14. The van der Waals surface area contributed by atoms with Crippen LogP contribution in [0.4, 0.5) is 0 Å². The molecule has 0 aromatic heterocycles. The quantitative estimate of drug-likeness (QED) is 0.559. The SMILES string of the molecule is CC(=O)OC1CCC=C1O. The molecule has 0 aromatic rings. The molecule has 3 heteroatoms. The van der Waals surface area contributed by atoms with Gasteiger partial charge in [0.15, 0.2) is 6.10 Å². The van der Waals surface area contributed by atoms with Crippen LogP contribution >= 0.6 is 0 Å². The van der Waals surface area contributed by atoms with Crippen molar-refractivity contribution in [1.29, 1.82) is 0 Å². The van der Waals surface area contributed by atoms with Gasteiger partial charge in [0.2, 0.25) is 0 Å². The molecule has 1 N–H and O–H groups in total. The Labute approximate surface area is 59.3 Å². The molecule has 0 saturated carbocycles. The summed E-state index contributed by atoms with van der Waals surface area (Å²) < 4.78 is 4.77. The maximum Gasteiger partial charge on any atom is 0.303 e. The molecule has 0 amide bonds. The molecule has 1 rings (SSSR count). The highest BCUT2D eigenvalue weighted by Crippen LogP contribution is 2.19. The number of allylic oxidation sites excluding steroid dienone is 1. The molecule has 0 saturated heterocycles. The molecule has 0 fully saturated rings. The maximum absolute atomic E-state index is 10.4. The number of rotatable bonds is 1. The Kier molecular flexibility index (Phi) is 1.94. The van der Waals surface area contributed by atoms with Gasteiger partial charge >= 0.3 is 5.97 Å². The molecule has 0 aromatic carbocycles. The minimum atomic E-state index is -0.377. The van der Waals surface area contributed by atoms with Crippen LogP contribution in [0.1, 0.15) is 19.8 Å². The summed E-state index contributed by atoms with van der Waals surface area (Å²) in [5.74, 6) is -0.151. The van der Waals surface area contributed by atoms with Crippen molar-refractivity contribution in [3.63, 3.8) is 0 Å². The molecule has 1 atom stereocenters. The zero-order valence-electron chi connectivity index (χ0n) is 5.83. The first kappa shape index (κ1) is 7.12. The molecule has 0 radical (unpaired) electrons. The lowest BCUT2D eigenvalue weighted by Gasteiger charge is -2.09. The number of aliphatic hydroxyl groups is 1. The summed E-state index contributed by atoms with van der Waals surface area (Å²) >= 11 is 0. The monoisotopic (exact) mass is 142 g/mol. The Bertz CT molecular complexity index is 172. The summed E-state index contributed by atoms with van der Waals surface area (Å²) in [6.45, 7) is 1.34.